The number of nitrogens with zero attached hydrogens (tertiary/aromatic N) is 1. The Balaban J connectivity index is 1.82. The molecule has 1 N–H and O–H groups in total. The molecule has 5 rings (SSSR count). The summed E-state index contributed by atoms with van der Waals surface area (Å²) in [5, 5.41) is 12.7. The van der Waals surface area contributed by atoms with E-state index in [1.54, 1.807) is 0 Å². The van der Waals surface area contributed by atoms with Crippen molar-refractivity contribution in [3.8, 4) is 0 Å². The first-order valence-corrected chi connectivity index (χ1v) is 11.9. The molecule has 6 heteroatoms. The van der Waals surface area contributed by atoms with Crippen molar-refractivity contribution in [2.75, 3.05) is 6.61 Å². The summed E-state index contributed by atoms with van der Waals surface area (Å²) < 4.78 is 12.1. The molecule has 2 aromatic rings. The molecule has 1 saturated heterocycles. The van der Waals surface area contributed by atoms with E-state index in [4.69, 9.17) is 26.1 Å². The van der Waals surface area contributed by atoms with Crippen molar-refractivity contribution in [1.82, 2.24) is 0 Å². The lowest BCUT2D eigenvalue weighted by molar-refractivity contribution is -0.160. The third-order valence-corrected chi connectivity index (χ3v) is 6.92. The van der Waals surface area contributed by atoms with Crippen molar-refractivity contribution in [1.29, 1.82) is 0 Å². The number of hydrogen-bond acceptors (Lipinski definition) is 4. The van der Waals surface area contributed by atoms with E-state index in [1.807, 2.05) is 70.3 Å². The third-order valence-electron chi connectivity index (χ3n) is 6.59. The summed E-state index contributed by atoms with van der Waals surface area (Å²) in [5.41, 5.74) is 3.89. The summed E-state index contributed by atoms with van der Waals surface area (Å²) in [7, 11) is 0. The number of halogens is 1. The van der Waals surface area contributed by atoms with Crippen molar-refractivity contribution in [3.63, 3.8) is 0 Å². The first kappa shape index (κ1) is 22.9. The zero-order valence-corrected chi connectivity index (χ0v) is 20.5. The van der Waals surface area contributed by atoms with Gasteiger partial charge in [0.1, 0.15) is 5.76 Å². The van der Waals surface area contributed by atoms with Crippen molar-refractivity contribution in [2.45, 2.75) is 51.9 Å². The number of fused-ring (bicyclic) bond motifs is 1. The molecule has 1 fully saturated rings. The van der Waals surface area contributed by atoms with Gasteiger partial charge in [-0.15, -0.1) is 0 Å². The summed E-state index contributed by atoms with van der Waals surface area (Å²) in [4.78, 5) is 17.4. The van der Waals surface area contributed by atoms with Crippen molar-refractivity contribution in [2.24, 2.45) is 10.9 Å². The molecule has 2 aromatic carbocycles. The van der Waals surface area contributed by atoms with Gasteiger partial charge in [-0.05, 0) is 74.1 Å². The first-order chi connectivity index (χ1) is 16.2. The van der Waals surface area contributed by atoms with E-state index in [-0.39, 0.29) is 12.0 Å². The number of aliphatic carboxylic acids is 1. The second-order valence-electron chi connectivity index (χ2n) is 10.0. The molecule has 176 valence electrons. The molecule has 1 aliphatic carbocycles. The summed E-state index contributed by atoms with van der Waals surface area (Å²) in [6, 6.07) is 7.51. The van der Waals surface area contributed by atoms with Gasteiger partial charge in [-0.1, -0.05) is 35.4 Å². The van der Waals surface area contributed by atoms with Gasteiger partial charge in [0.2, 0.25) is 0 Å². The fourth-order valence-electron chi connectivity index (χ4n) is 5.26. The Hall–Kier alpha value is -2.89. The fraction of sp³-hybridized carbons (Fsp3) is 0.357. The van der Waals surface area contributed by atoms with E-state index < -0.39 is 17.7 Å². The SMILES string of the molecule is Cc1cc2c(Cl)cccc2c(C2=CC=C3OCCC4=CC=NC2C43)c1C(OC(C)(C)C)C(=O)O. The zero-order valence-electron chi connectivity index (χ0n) is 19.8. The Morgan fingerprint density at radius 2 is 2.03 bits per heavy atom. The molecule has 3 aliphatic rings. The third kappa shape index (κ3) is 3.87. The first-order valence-electron chi connectivity index (χ1n) is 11.6. The summed E-state index contributed by atoms with van der Waals surface area (Å²) in [6.07, 6.45) is 7.69. The number of rotatable bonds is 4. The monoisotopic (exact) mass is 477 g/mol. The highest BCUT2D eigenvalue weighted by atomic mass is 35.5. The number of aryl methyl sites for hydroxylation is 1. The van der Waals surface area contributed by atoms with E-state index in [2.05, 4.69) is 6.08 Å². The van der Waals surface area contributed by atoms with Crippen molar-refractivity contribution in [3.05, 3.63) is 75.5 Å². The molecule has 5 nitrogen and oxygen atoms in total. The topological polar surface area (TPSA) is 68.1 Å². The van der Waals surface area contributed by atoms with Crippen LogP contribution in [-0.2, 0) is 14.3 Å². The Morgan fingerprint density at radius 3 is 2.76 bits per heavy atom. The van der Waals surface area contributed by atoms with E-state index in [1.165, 1.54) is 5.57 Å². The second-order valence-corrected chi connectivity index (χ2v) is 10.4. The predicted octanol–water partition coefficient (Wildman–Crippen LogP) is 6.44. The van der Waals surface area contributed by atoms with Crippen molar-refractivity contribution < 1.29 is 19.4 Å². The molecular formula is C28H28ClNO4. The summed E-state index contributed by atoms with van der Waals surface area (Å²) in [5.74, 6) is -0.0875. The van der Waals surface area contributed by atoms with Gasteiger partial charge < -0.3 is 14.6 Å². The Labute approximate surface area is 204 Å². The largest absolute Gasteiger partial charge is 0.497 e. The maximum atomic E-state index is 12.6. The maximum Gasteiger partial charge on any atom is 0.337 e. The highest BCUT2D eigenvalue weighted by Gasteiger charge is 2.41. The van der Waals surface area contributed by atoms with Crippen LogP contribution in [-0.4, -0.2) is 35.5 Å². The van der Waals surface area contributed by atoms with Crippen molar-refractivity contribution >= 4 is 40.1 Å². The molecule has 0 aromatic heterocycles. The highest BCUT2D eigenvalue weighted by Crippen LogP contribution is 2.48. The van der Waals surface area contributed by atoms with Gasteiger partial charge >= 0.3 is 5.97 Å². The van der Waals surface area contributed by atoms with Crippen LogP contribution in [0.1, 0.15) is 50.0 Å². The second kappa shape index (κ2) is 8.40. The lowest BCUT2D eigenvalue weighted by Gasteiger charge is -2.39. The molecule has 3 unspecified atom stereocenters. The summed E-state index contributed by atoms with van der Waals surface area (Å²) >= 11 is 6.62. The average Bonchev–Trinajstić information content (AvgIpc) is 2.78. The minimum atomic E-state index is -1.14. The Bertz CT molecular complexity index is 1310. The Morgan fingerprint density at radius 1 is 1.24 bits per heavy atom. The quantitative estimate of drug-likeness (QED) is 0.550. The van der Waals surface area contributed by atoms with Gasteiger partial charge in [-0.25, -0.2) is 4.79 Å². The van der Waals surface area contributed by atoms with E-state index >= 15 is 0 Å². The highest BCUT2D eigenvalue weighted by molar-refractivity contribution is 6.35. The van der Waals surface area contributed by atoms with Crippen LogP contribution >= 0.6 is 11.6 Å². The van der Waals surface area contributed by atoms with Gasteiger partial charge in [0.25, 0.3) is 0 Å². The number of carboxylic acid groups (broad SMARTS) is 1. The number of aliphatic imine (C=N–C) groups is 1. The van der Waals surface area contributed by atoms with E-state index in [0.29, 0.717) is 17.2 Å². The number of dihydropyridines is 1. The number of benzene rings is 2. The minimum absolute atomic E-state index is 0.0214. The van der Waals surface area contributed by atoms with Crippen LogP contribution in [0.4, 0.5) is 0 Å². The standard InChI is InChI=1S/C28H28ClNO4/c1-15-14-19-17(6-5-7-20(19)29)24(22(15)26(27(31)32)34-28(2,3)4)18-8-9-21-23-16(11-13-33-21)10-12-30-25(18)23/h5-10,12,14,23,25-26H,11,13H2,1-4H3,(H,31,32). The van der Waals surface area contributed by atoms with Crippen LogP contribution in [0.3, 0.4) is 0 Å². The van der Waals surface area contributed by atoms with Crippen LogP contribution in [0.25, 0.3) is 16.3 Å². The van der Waals surface area contributed by atoms with Gasteiger partial charge in [-0.2, -0.15) is 0 Å². The lowest BCUT2D eigenvalue weighted by atomic mass is 9.74. The molecular weight excluding hydrogens is 450 g/mol. The molecule has 0 bridgehead atoms. The van der Waals surface area contributed by atoms with Crippen LogP contribution in [0.5, 0.6) is 0 Å². The van der Waals surface area contributed by atoms with Crippen LogP contribution in [0, 0.1) is 12.8 Å². The fourth-order valence-corrected chi connectivity index (χ4v) is 5.49. The molecule has 2 aliphatic heterocycles. The van der Waals surface area contributed by atoms with Crippen LogP contribution in [0.15, 0.2) is 58.8 Å². The Kier molecular flexibility index (Phi) is 5.65. The number of ether oxygens (including phenoxy) is 2. The predicted molar refractivity (Wildman–Crippen MR) is 135 cm³/mol. The maximum absolute atomic E-state index is 12.6. The smallest absolute Gasteiger partial charge is 0.337 e. The molecule has 0 spiro atoms. The molecule has 0 amide bonds. The van der Waals surface area contributed by atoms with Gasteiger partial charge in [0, 0.05) is 28.6 Å². The molecule has 2 heterocycles. The number of carboxylic acids is 1. The van der Waals surface area contributed by atoms with Gasteiger partial charge in [-0.3, -0.25) is 4.99 Å². The molecule has 34 heavy (non-hydrogen) atoms. The van der Waals surface area contributed by atoms with Gasteiger partial charge in [0.05, 0.1) is 24.2 Å². The molecule has 3 atom stereocenters. The van der Waals surface area contributed by atoms with Gasteiger partial charge in [0.15, 0.2) is 6.10 Å². The summed E-state index contributed by atoms with van der Waals surface area (Å²) in [6.45, 7) is 8.19. The average molecular weight is 478 g/mol. The number of carbonyl (C=O) groups is 1. The zero-order chi connectivity index (χ0) is 24.2. The number of allylic oxidation sites excluding steroid dienone is 3. The molecule has 0 saturated carbocycles. The number of hydrogen-bond donors (Lipinski definition) is 1. The minimum Gasteiger partial charge on any atom is -0.497 e. The van der Waals surface area contributed by atoms with E-state index in [0.717, 1.165) is 39.7 Å². The molecule has 0 radical (unpaired) electrons. The van der Waals surface area contributed by atoms with Crippen LogP contribution in [0.2, 0.25) is 5.02 Å². The lowest BCUT2D eigenvalue weighted by Crippen LogP contribution is -2.34. The van der Waals surface area contributed by atoms with E-state index in [9.17, 15) is 9.90 Å². The normalized spacial score (nSPS) is 22.3. The van der Waals surface area contributed by atoms with Crippen LogP contribution < -0.4 is 0 Å².